The lowest BCUT2D eigenvalue weighted by atomic mass is 10.0. The minimum Gasteiger partial charge on any atom is -0.294 e. The fourth-order valence-electron chi connectivity index (χ4n) is 3.08. The number of alkyl halides is 6. The molecule has 168 valence electrons. The quantitative estimate of drug-likeness (QED) is 0.206. The van der Waals surface area contributed by atoms with Gasteiger partial charge in [-0.05, 0) is 30.7 Å². The third kappa shape index (κ3) is 6.16. The van der Waals surface area contributed by atoms with Crippen LogP contribution >= 0.6 is 11.8 Å². The molecule has 1 nitrogen and oxygen atoms in total. The zero-order valence-corrected chi connectivity index (χ0v) is 17.6. The van der Waals surface area contributed by atoms with Crippen molar-refractivity contribution >= 4 is 17.5 Å². The molecule has 1 unspecified atom stereocenters. The second-order valence-corrected chi connectivity index (χ2v) is 8.53. The summed E-state index contributed by atoms with van der Waals surface area (Å²) in [4.78, 5) is 12.6. The molecule has 0 bridgehead atoms. The molecule has 0 saturated carbocycles. The van der Waals surface area contributed by atoms with Gasteiger partial charge in [0.1, 0.15) is 0 Å². The summed E-state index contributed by atoms with van der Waals surface area (Å²) in [5.41, 5.74) is -0.752. The van der Waals surface area contributed by atoms with Crippen LogP contribution in [0.5, 0.6) is 0 Å². The first kappa shape index (κ1) is 23.9. The Morgan fingerprint density at radius 2 is 1.34 bits per heavy atom. The number of hydrogen-bond acceptors (Lipinski definition) is 2. The predicted molar refractivity (Wildman–Crippen MR) is 112 cm³/mol. The summed E-state index contributed by atoms with van der Waals surface area (Å²) in [6, 6.07) is 16.8. The van der Waals surface area contributed by atoms with Gasteiger partial charge in [0.15, 0.2) is 5.78 Å². The van der Waals surface area contributed by atoms with Crippen LogP contribution in [0.25, 0.3) is 0 Å². The lowest BCUT2D eigenvalue weighted by molar-refractivity contribution is -0.143. The highest BCUT2D eigenvalue weighted by atomic mass is 32.2. The molecule has 0 aliphatic rings. The Bertz CT molecular complexity index is 1040. The molecule has 3 aromatic rings. The molecule has 0 heterocycles. The van der Waals surface area contributed by atoms with Crippen molar-refractivity contribution in [3.05, 3.63) is 101 Å². The van der Waals surface area contributed by atoms with E-state index in [-0.39, 0.29) is 23.2 Å². The second-order valence-electron chi connectivity index (χ2n) is 7.25. The highest BCUT2D eigenvalue weighted by molar-refractivity contribution is 7.99. The molecule has 0 aromatic heterocycles. The standard InChI is InChI=1S/C24H18F6OS/c1-15-7-9-16(10-8-15)21(31)14-22(17-5-3-2-4-6-17)32-20-12-18(23(25,26)27)11-19(13-20)24(28,29)30/h2-13,22H,14H2,1H3. The number of aryl methyl sites for hydroxylation is 1. The summed E-state index contributed by atoms with van der Waals surface area (Å²) in [6.45, 7) is 1.86. The number of rotatable bonds is 6. The first-order valence-corrected chi connectivity index (χ1v) is 10.4. The van der Waals surface area contributed by atoms with Crippen LogP contribution in [0, 0.1) is 6.92 Å². The molecule has 3 rings (SSSR count). The zero-order chi connectivity index (χ0) is 23.5. The van der Waals surface area contributed by atoms with Crippen molar-refractivity contribution in [2.24, 2.45) is 0 Å². The Kier molecular flexibility index (Phi) is 7.03. The van der Waals surface area contributed by atoms with Crippen molar-refractivity contribution in [2.45, 2.75) is 35.8 Å². The van der Waals surface area contributed by atoms with E-state index in [1.54, 1.807) is 54.6 Å². The van der Waals surface area contributed by atoms with Gasteiger partial charge in [0.25, 0.3) is 0 Å². The topological polar surface area (TPSA) is 17.1 Å². The third-order valence-electron chi connectivity index (χ3n) is 4.76. The minimum absolute atomic E-state index is 0.0880. The fourth-order valence-corrected chi connectivity index (χ4v) is 4.33. The third-order valence-corrected chi connectivity index (χ3v) is 5.99. The van der Waals surface area contributed by atoms with Crippen LogP contribution in [0.15, 0.2) is 77.7 Å². The van der Waals surface area contributed by atoms with Crippen molar-refractivity contribution in [2.75, 3.05) is 0 Å². The Labute approximate surface area is 185 Å². The van der Waals surface area contributed by atoms with Gasteiger partial charge in [0, 0.05) is 22.1 Å². The number of hydrogen-bond donors (Lipinski definition) is 0. The highest BCUT2D eigenvalue weighted by Crippen LogP contribution is 2.43. The van der Waals surface area contributed by atoms with Gasteiger partial charge in [-0.2, -0.15) is 26.3 Å². The smallest absolute Gasteiger partial charge is 0.294 e. The van der Waals surface area contributed by atoms with Gasteiger partial charge in [-0.3, -0.25) is 4.79 Å². The van der Waals surface area contributed by atoms with Gasteiger partial charge in [-0.15, -0.1) is 11.8 Å². The monoisotopic (exact) mass is 468 g/mol. The van der Waals surface area contributed by atoms with E-state index < -0.39 is 28.7 Å². The summed E-state index contributed by atoms with van der Waals surface area (Å²) in [6.07, 6.45) is -9.96. The maximum Gasteiger partial charge on any atom is 0.416 e. The number of thioether (sulfide) groups is 1. The van der Waals surface area contributed by atoms with Crippen LogP contribution in [0.2, 0.25) is 0 Å². The van der Waals surface area contributed by atoms with Gasteiger partial charge < -0.3 is 0 Å². The van der Waals surface area contributed by atoms with Gasteiger partial charge in [0.2, 0.25) is 0 Å². The molecule has 0 saturated heterocycles. The van der Waals surface area contributed by atoms with E-state index in [1.165, 1.54) is 0 Å². The summed E-state index contributed by atoms with van der Waals surface area (Å²) in [5.74, 6) is -0.255. The van der Waals surface area contributed by atoms with E-state index >= 15 is 0 Å². The first-order chi connectivity index (χ1) is 14.9. The number of carbonyl (C=O) groups excluding carboxylic acids is 1. The van der Waals surface area contributed by atoms with Crippen molar-refractivity contribution < 1.29 is 31.1 Å². The molecule has 0 amide bonds. The largest absolute Gasteiger partial charge is 0.416 e. The van der Waals surface area contributed by atoms with Gasteiger partial charge in [0.05, 0.1) is 11.1 Å². The number of carbonyl (C=O) groups is 1. The number of ketones is 1. The predicted octanol–water partition coefficient (Wildman–Crippen LogP) is 8.14. The average Bonchev–Trinajstić information content (AvgIpc) is 2.73. The molecule has 32 heavy (non-hydrogen) atoms. The van der Waals surface area contributed by atoms with Crippen LogP contribution in [-0.2, 0) is 12.4 Å². The molecule has 0 N–H and O–H groups in total. The van der Waals surface area contributed by atoms with Crippen molar-refractivity contribution in [3.8, 4) is 0 Å². The SMILES string of the molecule is Cc1ccc(C(=O)CC(Sc2cc(C(F)(F)F)cc(C(F)(F)F)c2)c2ccccc2)cc1. The van der Waals surface area contributed by atoms with E-state index in [9.17, 15) is 31.1 Å². The molecule has 0 aliphatic carbocycles. The lowest BCUT2D eigenvalue weighted by Crippen LogP contribution is -2.11. The molecule has 8 heteroatoms. The zero-order valence-electron chi connectivity index (χ0n) is 16.8. The number of Topliss-reactive ketones (excluding diaryl/α,β-unsaturated/α-hetero) is 1. The number of halogens is 6. The molecular formula is C24H18F6OS. The van der Waals surface area contributed by atoms with E-state index in [1.807, 2.05) is 6.92 Å². The molecule has 0 radical (unpaired) electrons. The van der Waals surface area contributed by atoms with Crippen LogP contribution in [-0.4, -0.2) is 5.78 Å². The van der Waals surface area contributed by atoms with Crippen LogP contribution in [0.1, 0.15) is 44.3 Å². The normalized spacial score (nSPS) is 13.1. The Balaban J connectivity index is 1.98. The summed E-state index contributed by atoms with van der Waals surface area (Å²) < 4.78 is 79.4. The molecule has 0 fully saturated rings. The van der Waals surface area contributed by atoms with E-state index in [0.717, 1.165) is 17.3 Å². The Hall–Kier alpha value is -2.74. The summed E-state index contributed by atoms with van der Waals surface area (Å²) in [7, 11) is 0. The maximum atomic E-state index is 13.2. The maximum absolute atomic E-state index is 13.2. The Morgan fingerprint density at radius 1 is 0.812 bits per heavy atom. The summed E-state index contributed by atoms with van der Waals surface area (Å²) in [5, 5.41) is -0.672. The highest BCUT2D eigenvalue weighted by Gasteiger charge is 2.37. The molecule has 3 aromatic carbocycles. The van der Waals surface area contributed by atoms with Gasteiger partial charge in [-0.25, -0.2) is 0 Å². The minimum atomic E-state index is -4.93. The lowest BCUT2D eigenvalue weighted by Gasteiger charge is -2.19. The molecule has 0 spiro atoms. The molecule has 1 atom stereocenters. The van der Waals surface area contributed by atoms with E-state index in [2.05, 4.69) is 0 Å². The van der Waals surface area contributed by atoms with Crippen LogP contribution in [0.3, 0.4) is 0 Å². The summed E-state index contributed by atoms with van der Waals surface area (Å²) >= 11 is 0.808. The fraction of sp³-hybridized carbons (Fsp3) is 0.208. The van der Waals surface area contributed by atoms with E-state index in [0.29, 0.717) is 23.3 Å². The van der Waals surface area contributed by atoms with Gasteiger partial charge in [-0.1, -0.05) is 60.2 Å². The molecular weight excluding hydrogens is 450 g/mol. The second kappa shape index (κ2) is 9.40. The van der Waals surface area contributed by atoms with E-state index in [4.69, 9.17) is 0 Å². The van der Waals surface area contributed by atoms with Crippen LogP contribution < -0.4 is 0 Å². The van der Waals surface area contributed by atoms with Gasteiger partial charge >= 0.3 is 12.4 Å². The van der Waals surface area contributed by atoms with Crippen molar-refractivity contribution in [1.29, 1.82) is 0 Å². The number of benzene rings is 3. The Morgan fingerprint density at radius 3 is 1.84 bits per heavy atom. The van der Waals surface area contributed by atoms with Crippen molar-refractivity contribution in [1.82, 2.24) is 0 Å². The average molecular weight is 468 g/mol. The van der Waals surface area contributed by atoms with Crippen molar-refractivity contribution in [3.63, 3.8) is 0 Å². The first-order valence-electron chi connectivity index (χ1n) is 9.54. The molecule has 0 aliphatic heterocycles. The van der Waals surface area contributed by atoms with Crippen LogP contribution in [0.4, 0.5) is 26.3 Å².